The van der Waals surface area contributed by atoms with Crippen molar-refractivity contribution in [3.05, 3.63) is 40.4 Å². The zero-order chi connectivity index (χ0) is 20.8. The molecule has 1 unspecified atom stereocenters. The van der Waals surface area contributed by atoms with Crippen molar-refractivity contribution in [3.63, 3.8) is 0 Å². The number of carbonyl (C=O) groups excluding carboxylic acids is 3. The molecule has 150 valence electrons. The Labute approximate surface area is 167 Å². The van der Waals surface area contributed by atoms with Gasteiger partial charge in [-0.1, -0.05) is 37.3 Å². The van der Waals surface area contributed by atoms with Crippen molar-refractivity contribution in [2.24, 2.45) is 5.92 Å². The SMILES string of the molecule is CCOC(=O)c1sc(NC(=O)C(NC(=O)c2ccccc2N)C(C)C)nc1C. The molecule has 0 aliphatic carbocycles. The smallest absolute Gasteiger partial charge is 0.350 e. The number of hydrogen-bond donors (Lipinski definition) is 3. The van der Waals surface area contributed by atoms with Crippen molar-refractivity contribution in [3.8, 4) is 0 Å². The van der Waals surface area contributed by atoms with E-state index in [2.05, 4.69) is 15.6 Å². The molecule has 2 amide bonds. The van der Waals surface area contributed by atoms with E-state index in [1.54, 1.807) is 38.1 Å². The number of aromatic nitrogens is 1. The number of carbonyl (C=O) groups is 3. The van der Waals surface area contributed by atoms with Crippen molar-refractivity contribution < 1.29 is 19.1 Å². The minimum atomic E-state index is -0.803. The van der Waals surface area contributed by atoms with E-state index >= 15 is 0 Å². The first-order valence-electron chi connectivity index (χ1n) is 8.85. The Balaban J connectivity index is 2.13. The van der Waals surface area contributed by atoms with Gasteiger partial charge in [0.1, 0.15) is 10.9 Å². The van der Waals surface area contributed by atoms with Crippen LogP contribution in [0.25, 0.3) is 0 Å². The normalized spacial score (nSPS) is 11.8. The van der Waals surface area contributed by atoms with Crippen molar-refractivity contribution in [1.82, 2.24) is 10.3 Å². The van der Waals surface area contributed by atoms with Gasteiger partial charge >= 0.3 is 5.97 Å². The molecule has 0 spiro atoms. The summed E-state index contributed by atoms with van der Waals surface area (Å²) in [7, 11) is 0. The molecule has 1 aromatic carbocycles. The average Bonchev–Trinajstić information content (AvgIpc) is 2.99. The fourth-order valence-corrected chi connectivity index (χ4v) is 3.34. The van der Waals surface area contributed by atoms with Crippen LogP contribution in [0.2, 0.25) is 0 Å². The van der Waals surface area contributed by atoms with E-state index in [1.807, 2.05) is 13.8 Å². The number of anilines is 2. The lowest BCUT2D eigenvalue weighted by Gasteiger charge is -2.21. The number of ether oxygens (including phenoxy) is 1. The van der Waals surface area contributed by atoms with Gasteiger partial charge in [0, 0.05) is 5.69 Å². The second-order valence-electron chi connectivity index (χ2n) is 6.43. The number of amides is 2. The molecule has 2 rings (SSSR count). The number of rotatable bonds is 7. The maximum Gasteiger partial charge on any atom is 0.350 e. The van der Waals surface area contributed by atoms with Crippen LogP contribution in [0, 0.1) is 12.8 Å². The van der Waals surface area contributed by atoms with Gasteiger partial charge in [-0.05, 0) is 31.9 Å². The maximum atomic E-state index is 12.7. The first kappa shape index (κ1) is 21.4. The Hall–Kier alpha value is -2.94. The Morgan fingerprint density at radius 3 is 2.54 bits per heavy atom. The van der Waals surface area contributed by atoms with E-state index in [9.17, 15) is 14.4 Å². The van der Waals surface area contributed by atoms with E-state index in [0.29, 0.717) is 21.8 Å². The van der Waals surface area contributed by atoms with E-state index in [1.165, 1.54) is 0 Å². The van der Waals surface area contributed by atoms with Crippen LogP contribution in [-0.2, 0) is 9.53 Å². The number of hydrogen-bond acceptors (Lipinski definition) is 7. The number of benzene rings is 1. The maximum absolute atomic E-state index is 12.7. The number of esters is 1. The molecule has 9 heteroatoms. The van der Waals surface area contributed by atoms with Crippen LogP contribution < -0.4 is 16.4 Å². The lowest BCUT2D eigenvalue weighted by molar-refractivity contribution is -0.118. The Bertz CT molecular complexity index is 879. The average molecular weight is 404 g/mol. The summed E-state index contributed by atoms with van der Waals surface area (Å²) in [4.78, 5) is 41.7. The molecule has 0 radical (unpaired) electrons. The first-order chi connectivity index (χ1) is 13.2. The molecule has 0 aliphatic heterocycles. The minimum Gasteiger partial charge on any atom is -0.462 e. The second-order valence-corrected chi connectivity index (χ2v) is 7.42. The molecule has 1 heterocycles. The molecule has 8 nitrogen and oxygen atoms in total. The fraction of sp³-hybridized carbons (Fsp3) is 0.368. The highest BCUT2D eigenvalue weighted by atomic mass is 32.1. The summed E-state index contributed by atoms with van der Waals surface area (Å²) in [6, 6.07) is 5.84. The molecular weight excluding hydrogens is 380 g/mol. The number of nitrogens with zero attached hydrogens (tertiary/aromatic N) is 1. The van der Waals surface area contributed by atoms with Crippen molar-refractivity contribution >= 4 is 39.9 Å². The van der Waals surface area contributed by atoms with Gasteiger partial charge in [-0.15, -0.1) is 0 Å². The molecule has 28 heavy (non-hydrogen) atoms. The highest BCUT2D eigenvalue weighted by molar-refractivity contribution is 7.17. The van der Waals surface area contributed by atoms with E-state index in [0.717, 1.165) is 11.3 Å². The van der Waals surface area contributed by atoms with Gasteiger partial charge in [-0.2, -0.15) is 0 Å². The van der Waals surface area contributed by atoms with Crippen LogP contribution >= 0.6 is 11.3 Å². The fourth-order valence-electron chi connectivity index (χ4n) is 2.48. The summed E-state index contributed by atoms with van der Waals surface area (Å²) < 4.78 is 4.98. The zero-order valence-corrected chi connectivity index (χ0v) is 17.1. The number of nitrogens with one attached hydrogen (secondary N) is 2. The lowest BCUT2D eigenvalue weighted by atomic mass is 10.0. The van der Waals surface area contributed by atoms with E-state index in [-0.39, 0.29) is 17.7 Å². The second kappa shape index (κ2) is 9.32. The summed E-state index contributed by atoms with van der Waals surface area (Å²) in [6.45, 7) is 7.26. The Kier molecular flexibility index (Phi) is 7.11. The molecule has 0 fully saturated rings. The van der Waals surface area contributed by atoms with Crippen molar-refractivity contribution in [1.29, 1.82) is 0 Å². The summed E-state index contributed by atoms with van der Waals surface area (Å²) in [6.07, 6.45) is 0. The van der Waals surface area contributed by atoms with Crippen LogP contribution in [0.4, 0.5) is 10.8 Å². The molecule has 4 N–H and O–H groups in total. The Morgan fingerprint density at radius 2 is 1.93 bits per heavy atom. The Morgan fingerprint density at radius 1 is 1.25 bits per heavy atom. The highest BCUT2D eigenvalue weighted by Gasteiger charge is 2.27. The molecular formula is C19H24N4O4S. The summed E-state index contributed by atoms with van der Waals surface area (Å²) in [5, 5.41) is 5.65. The number of thiazole rings is 1. The first-order valence-corrected chi connectivity index (χ1v) is 9.67. The number of nitrogen functional groups attached to an aromatic ring is 1. The van der Waals surface area contributed by atoms with Crippen LogP contribution in [0.5, 0.6) is 0 Å². The number of nitrogens with two attached hydrogens (primary N) is 1. The molecule has 1 atom stereocenters. The molecule has 0 bridgehead atoms. The van der Waals surface area contributed by atoms with E-state index < -0.39 is 23.8 Å². The largest absolute Gasteiger partial charge is 0.462 e. The molecule has 1 aromatic heterocycles. The summed E-state index contributed by atoms with van der Waals surface area (Å²) in [5.74, 6) is -1.53. The zero-order valence-electron chi connectivity index (χ0n) is 16.2. The quantitative estimate of drug-likeness (QED) is 0.481. The van der Waals surface area contributed by atoms with Crippen molar-refractivity contribution in [2.45, 2.75) is 33.7 Å². The van der Waals surface area contributed by atoms with Crippen LogP contribution in [0.15, 0.2) is 24.3 Å². The van der Waals surface area contributed by atoms with Gasteiger partial charge in [0.15, 0.2) is 5.13 Å². The minimum absolute atomic E-state index is 0.181. The highest BCUT2D eigenvalue weighted by Crippen LogP contribution is 2.24. The standard InChI is InChI=1S/C19H24N4O4S/c1-5-27-18(26)15-11(4)21-19(28-15)23-17(25)14(10(2)3)22-16(24)12-8-6-7-9-13(12)20/h6-10,14H,5,20H2,1-4H3,(H,22,24)(H,21,23,25). The van der Waals surface area contributed by atoms with Crippen LogP contribution in [-0.4, -0.2) is 35.4 Å². The number of aryl methyl sites for hydroxylation is 1. The van der Waals surface area contributed by atoms with Crippen molar-refractivity contribution in [2.75, 3.05) is 17.7 Å². The van der Waals surface area contributed by atoms with Gasteiger partial charge in [-0.25, -0.2) is 9.78 Å². The summed E-state index contributed by atoms with van der Waals surface area (Å²) >= 11 is 1.03. The van der Waals surface area contributed by atoms with Gasteiger partial charge in [0.25, 0.3) is 5.91 Å². The molecule has 0 aliphatic rings. The van der Waals surface area contributed by atoms with Gasteiger partial charge in [-0.3, -0.25) is 9.59 Å². The summed E-state index contributed by atoms with van der Waals surface area (Å²) in [5.41, 5.74) is 6.94. The number of para-hydroxylation sites is 1. The molecule has 0 saturated carbocycles. The predicted octanol–water partition coefficient (Wildman–Crippen LogP) is 2.60. The van der Waals surface area contributed by atoms with Gasteiger partial charge in [0.05, 0.1) is 17.9 Å². The predicted molar refractivity (Wildman–Crippen MR) is 108 cm³/mol. The topological polar surface area (TPSA) is 123 Å². The van der Waals surface area contributed by atoms with Crippen LogP contribution in [0.1, 0.15) is 46.5 Å². The lowest BCUT2D eigenvalue weighted by Crippen LogP contribution is -2.47. The third kappa shape index (κ3) is 5.07. The molecule has 2 aromatic rings. The third-order valence-electron chi connectivity index (χ3n) is 3.93. The third-order valence-corrected chi connectivity index (χ3v) is 4.98. The monoisotopic (exact) mass is 404 g/mol. The molecule has 0 saturated heterocycles. The van der Waals surface area contributed by atoms with E-state index in [4.69, 9.17) is 10.5 Å². The van der Waals surface area contributed by atoms with Crippen LogP contribution in [0.3, 0.4) is 0 Å². The van der Waals surface area contributed by atoms with Gasteiger partial charge < -0.3 is 21.1 Å². The van der Waals surface area contributed by atoms with Gasteiger partial charge in [0.2, 0.25) is 5.91 Å².